The van der Waals surface area contributed by atoms with E-state index in [2.05, 4.69) is 20.6 Å². The number of fused-ring (bicyclic) bond motifs is 1. The predicted octanol–water partition coefficient (Wildman–Crippen LogP) is 3.28. The number of halogens is 1. The molecule has 1 atom stereocenters. The second kappa shape index (κ2) is 7.85. The highest BCUT2D eigenvalue weighted by Gasteiger charge is 2.32. The summed E-state index contributed by atoms with van der Waals surface area (Å²) >= 11 is 1.38. The Kier molecular flexibility index (Phi) is 5.12. The zero-order valence-electron chi connectivity index (χ0n) is 14.8. The molecule has 28 heavy (non-hydrogen) atoms. The van der Waals surface area contributed by atoms with Gasteiger partial charge in [-0.25, -0.2) is 9.37 Å². The smallest absolute Gasteiger partial charge is 0.257 e. The molecule has 0 aliphatic heterocycles. The molecule has 1 unspecified atom stereocenters. The van der Waals surface area contributed by atoms with Crippen molar-refractivity contribution in [3.05, 3.63) is 76.3 Å². The second-order valence-electron chi connectivity index (χ2n) is 6.46. The zero-order valence-corrected chi connectivity index (χ0v) is 15.6. The molecule has 2 amide bonds. The largest absolute Gasteiger partial charge is 0.351 e. The number of aromatic nitrogens is 2. The standard InChI is InChI=1S/C20H17FN4O2S/c21-14-5-3-13(4-6-14)18(26)25-20-24-17-15(7-8-16(17)28-20)19(27)23-11-12-2-1-9-22-10-12/h1-6,9-10,15H,7-8,11H2,(H,23,27)(H,24,25,26). The number of nitrogens with zero attached hydrogens (tertiary/aromatic N) is 2. The molecule has 0 bridgehead atoms. The number of carbonyl (C=O) groups is 2. The number of amides is 2. The summed E-state index contributed by atoms with van der Waals surface area (Å²) in [5.74, 6) is -1.15. The van der Waals surface area contributed by atoms with E-state index in [1.807, 2.05) is 12.1 Å². The number of carbonyl (C=O) groups excluding carboxylic acids is 2. The summed E-state index contributed by atoms with van der Waals surface area (Å²) in [6.07, 6.45) is 4.86. The summed E-state index contributed by atoms with van der Waals surface area (Å²) in [4.78, 5) is 34.4. The van der Waals surface area contributed by atoms with Crippen LogP contribution in [0.3, 0.4) is 0 Å². The molecule has 0 fully saturated rings. The highest BCUT2D eigenvalue weighted by Crippen LogP contribution is 2.38. The number of aryl methyl sites for hydroxylation is 1. The number of anilines is 1. The van der Waals surface area contributed by atoms with Crippen LogP contribution in [-0.2, 0) is 17.8 Å². The first-order chi connectivity index (χ1) is 13.6. The van der Waals surface area contributed by atoms with Crippen LogP contribution in [-0.4, -0.2) is 21.8 Å². The highest BCUT2D eigenvalue weighted by molar-refractivity contribution is 7.16. The molecule has 1 aromatic carbocycles. The number of nitrogens with one attached hydrogen (secondary N) is 2. The van der Waals surface area contributed by atoms with Crippen LogP contribution < -0.4 is 10.6 Å². The molecular weight excluding hydrogens is 379 g/mol. The van der Waals surface area contributed by atoms with Gasteiger partial charge in [0.2, 0.25) is 5.91 Å². The van der Waals surface area contributed by atoms with Gasteiger partial charge in [0.15, 0.2) is 5.13 Å². The first-order valence-electron chi connectivity index (χ1n) is 8.83. The van der Waals surface area contributed by atoms with Crippen LogP contribution in [0.1, 0.15) is 38.8 Å². The van der Waals surface area contributed by atoms with Gasteiger partial charge in [-0.15, -0.1) is 11.3 Å². The van der Waals surface area contributed by atoms with E-state index in [1.165, 1.54) is 35.6 Å². The van der Waals surface area contributed by atoms with E-state index in [0.717, 1.165) is 22.6 Å². The van der Waals surface area contributed by atoms with E-state index in [1.54, 1.807) is 12.4 Å². The van der Waals surface area contributed by atoms with Crippen molar-refractivity contribution < 1.29 is 14.0 Å². The summed E-state index contributed by atoms with van der Waals surface area (Å²) < 4.78 is 13.0. The highest BCUT2D eigenvalue weighted by atomic mass is 32.1. The van der Waals surface area contributed by atoms with Gasteiger partial charge in [0.05, 0.1) is 11.6 Å². The lowest BCUT2D eigenvalue weighted by Crippen LogP contribution is -2.28. The van der Waals surface area contributed by atoms with E-state index in [0.29, 0.717) is 23.7 Å². The van der Waals surface area contributed by atoms with Crippen LogP contribution in [0.2, 0.25) is 0 Å². The average Bonchev–Trinajstić information content (AvgIpc) is 3.27. The quantitative estimate of drug-likeness (QED) is 0.693. The minimum atomic E-state index is -0.398. The van der Waals surface area contributed by atoms with Crippen molar-refractivity contribution >= 4 is 28.3 Å². The average molecular weight is 396 g/mol. The van der Waals surface area contributed by atoms with Crippen molar-refractivity contribution in [2.45, 2.75) is 25.3 Å². The topological polar surface area (TPSA) is 84.0 Å². The fraction of sp³-hybridized carbons (Fsp3) is 0.200. The van der Waals surface area contributed by atoms with Crippen LogP contribution in [0.4, 0.5) is 9.52 Å². The van der Waals surface area contributed by atoms with Gasteiger partial charge >= 0.3 is 0 Å². The zero-order chi connectivity index (χ0) is 19.5. The second-order valence-corrected chi connectivity index (χ2v) is 7.54. The minimum absolute atomic E-state index is 0.0793. The molecule has 1 aliphatic rings. The maximum Gasteiger partial charge on any atom is 0.257 e. The van der Waals surface area contributed by atoms with Gasteiger partial charge in [-0.05, 0) is 48.7 Å². The third-order valence-electron chi connectivity index (χ3n) is 4.55. The van der Waals surface area contributed by atoms with Gasteiger partial charge in [0, 0.05) is 29.4 Å². The Hall–Kier alpha value is -3.13. The molecular formula is C20H17FN4O2S. The van der Waals surface area contributed by atoms with Crippen molar-refractivity contribution in [3.8, 4) is 0 Å². The molecule has 6 nitrogen and oxygen atoms in total. The van der Waals surface area contributed by atoms with Crippen molar-refractivity contribution in [2.75, 3.05) is 5.32 Å². The maximum absolute atomic E-state index is 13.0. The van der Waals surface area contributed by atoms with E-state index in [-0.39, 0.29) is 17.7 Å². The number of pyridine rings is 1. The first-order valence-corrected chi connectivity index (χ1v) is 9.65. The van der Waals surface area contributed by atoms with E-state index in [9.17, 15) is 14.0 Å². The summed E-state index contributed by atoms with van der Waals surface area (Å²) in [7, 11) is 0. The fourth-order valence-electron chi connectivity index (χ4n) is 3.12. The van der Waals surface area contributed by atoms with Gasteiger partial charge in [-0.2, -0.15) is 0 Å². The Balaban J connectivity index is 1.41. The van der Waals surface area contributed by atoms with Gasteiger partial charge in [-0.1, -0.05) is 6.07 Å². The van der Waals surface area contributed by atoms with E-state index < -0.39 is 5.82 Å². The lowest BCUT2D eigenvalue weighted by Gasteiger charge is -2.10. The molecule has 1 aliphatic carbocycles. The normalized spacial score (nSPS) is 15.1. The number of benzene rings is 1. The molecule has 0 spiro atoms. The SMILES string of the molecule is O=C(Nc1nc2c(s1)CCC2C(=O)NCc1cccnc1)c1ccc(F)cc1. The number of hydrogen-bond acceptors (Lipinski definition) is 5. The van der Waals surface area contributed by atoms with Crippen LogP contribution in [0, 0.1) is 5.82 Å². The summed E-state index contributed by atoms with van der Waals surface area (Å²) in [6, 6.07) is 9.03. The third-order valence-corrected chi connectivity index (χ3v) is 5.60. The van der Waals surface area contributed by atoms with Gasteiger partial charge in [0.25, 0.3) is 5.91 Å². The van der Waals surface area contributed by atoms with Crippen LogP contribution >= 0.6 is 11.3 Å². The Morgan fingerprint density at radius 1 is 1.21 bits per heavy atom. The fourth-order valence-corrected chi connectivity index (χ4v) is 4.15. The van der Waals surface area contributed by atoms with Crippen LogP contribution in [0.15, 0.2) is 48.8 Å². The molecule has 2 aromatic heterocycles. The van der Waals surface area contributed by atoms with Gasteiger partial charge < -0.3 is 5.32 Å². The molecule has 2 N–H and O–H groups in total. The van der Waals surface area contributed by atoms with Crippen molar-refractivity contribution in [1.82, 2.24) is 15.3 Å². The number of thiazole rings is 1. The molecule has 0 radical (unpaired) electrons. The van der Waals surface area contributed by atoms with Gasteiger partial charge in [-0.3, -0.25) is 19.9 Å². The number of rotatable bonds is 5. The van der Waals surface area contributed by atoms with Crippen molar-refractivity contribution in [2.24, 2.45) is 0 Å². The molecule has 0 saturated carbocycles. The Morgan fingerprint density at radius 2 is 2.04 bits per heavy atom. The molecule has 2 heterocycles. The van der Waals surface area contributed by atoms with Gasteiger partial charge in [0.1, 0.15) is 5.82 Å². The monoisotopic (exact) mass is 396 g/mol. The Morgan fingerprint density at radius 3 is 2.79 bits per heavy atom. The van der Waals surface area contributed by atoms with Crippen molar-refractivity contribution in [3.63, 3.8) is 0 Å². The van der Waals surface area contributed by atoms with Crippen LogP contribution in [0.25, 0.3) is 0 Å². The lowest BCUT2D eigenvalue weighted by atomic mass is 10.1. The Bertz CT molecular complexity index is 1000. The first kappa shape index (κ1) is 18.2. The van der Waals surface area contributed by atoms with Crippen LogP contribution in [0.5, 0.6) is 0 Å². The summed E-state index contributed by atoms with van der Waals surface area (Å²) in [5.41, 5.74) is 2.00. The summed E-state index contributed by atoms with van der Waals surface area (Å²) in [5, 5.41) is 6.10. The molecule has 4 rings (SSSR count). The molecule has 0 saturated heterocycles. The molecule has 142 valence electrons. The van der Waals surface area contributed by atoms with E-state index in [4.69, 9.17) is 0 Å². The van der Waals surface area contributed by atoms with Crippen molar-refractivity contribution in [1.29, 1.82) is 0 Å². The number of hydrogen-bond donors (Lipinski definition) is 2. The lowest BCUT2D eigenvalue weighted by molar-refractivity contribution is -0.122. The third kappa shape index (κ3) is 3.91. The Labute approximate surface area is 164 Å². The minimum Gasteiger partial charge on any atom is -0.351 e. The molecule has 8 heteroatoms. The maximum atomic E-state index is 13.0. The summed E-state index contributed by atoms with van der Waals surface area (Å²) in [6.45, 7) is 0.413. The van der Waals surface area contributed by atoms with E-state index >= 15 is 0 Å². The predicted molar refractivity (Wildman–Crippen MR) is 104 cm³/mol. The molecule has 3 aromatic rings.